The van der Waals surface area contributed by atoms with Gasteiger partial charge in [-0.15, -0.1) is 5.10 Å². The van der Waals surface area contributed by atoms with E-state index in [1.165, 1.54) is 17.1 Å². The fourth-order valence-corrected chi connectivity index (χ4v) is 1.79. The number of aromatic nitrogens is 3. The molecule has 0 unspecified atom stereocenters. The van der Waals surface area contributed by atoms with Crippen LogP contribution in [0.15, 0.2) is 41.1 Å². The number of carbonyl (C=O) groups excluding carboxylic acids is 1. The van der Waals surface area contributed by atoms with Crippen molar-refractivity contribution in [1.82, 2.24) is 15.0 Å². The zero-order valence-corrected chi connectivity index (χ0v) is 9.12. The van der Waals surface area contributed by atoms with E-state index in [1.54, 1.807) is 7.05 Å². The second-order valence-corrected chi connectivity index (χ2v) is 3.72. The number of hydrogen-bond donors (Lipinski definition) is 0. The van der Waals surface area contributed by atoms with E-state index in [4.69, 9.17) is 4.42 Å². The van der Waals surface area contributed by atoms with Gasteiger partial charge in [0.2, 0.25) is 5.78 Å². The number of benzene rings is 1. The van der Waals surface area contributed by atoms with Crippen molar-refractivity contribution in [3.05, 3.63) is 48.0 Å². The minimum Gasteiger partial charge on any atom is -0.464 e. The molecule has 0 aliphatic rings. The maximum atomic E-state index is 12.2. The number of aryl methyl sites for hydroxylation is 1. The van der Waals surface area contributed by atoms with Crippen LogP contribution in [0, 0.1) is 0 Å². The Hall–Kier alpha value is -2.43. The largest absolute Gasteiger partial charge is 0.464 e. The van der Waals surface area contributed by atoms with Gasteiger partial charge < -0.3 is 4.42 Å². The Kier molecular flexibility index (Phi) is 2.04. The first kappa shape index (κ1) is 9.77. The van der Waals surface area contributed by atoms with Crippen LogP contribution < -0.4 is 0 Å². The van der Waals surface area contributed by atoms with E-state index in [0.717, 1.165) is 5.39 Å². The van der Waals surface area contributed by atoms with Gasteiger partial charge in [0, 0.05) is 12.4 Å². The quantitative estimate of drug-likeness (QED) is 0.626. The van der Waals surface area contributed by atoms with Crippen molar-refractivity contribution in [2.45, 2.75) is 0 Å². The van der Waals surface area contributed by atoms with Crippen LogP contribution >= 0.6 is 0 Å². The molecule has 0 saturated carbocycles. The van der Waals surface area contributed by atoms with E-state index in [9.17, 15) is 4.79 Å². The maximum Gasteiger partial charge on any atom is 0.216 e. The highest BCUT2D eigenvalue weighted by molar-refractivity contribution is 6.14. The van der Waals surface area contributed by atoms with Gasteiger partial charge in [0.15, 0.2) is 0 Å². The summed E-state index contributed by atoms with van der Waals surface area (Å²) < 4.78 is 6.79. The first-order valence-electron chi connectivity index (χ1n) is 5.13. The average molecular weight is 227 g/mol. The fraction of sp³-hybridized carbons (Fsp3) is 0.0833. The lowest BCUT2D eigenvalue weighted by Crippen LogP contribution is -2.07. The lowest BCUT2D eigenvalue weighted by molar-refractivity contribution is 0.103. The molecule has 2 aromatic heterocycles. The summed E-state index contributed by atoms with van der Waals surface area (Å²) in [6.45, 7) is 0. The summed E-state index contributed by atoms with van der Waals surface area (Å²) >= 11 is 0. The molecule has 3 rings (SSSR count). The topological polar surface area (TPSA) is 60.9 Å². The third-order valence-electron chi connectivity index (χ3n) is 2.67. The molecule has 0 saturated heterocycles. The summed E-state index contributed by atoms with van der Waals surface area (Å²) in [6, 6.07) is 7.42. The van der Waals surface area contributed by atoms with Crippen LogP contribution in [0.1, 0.15) is 16.1 Å². The van der Waals surface area contributed by atoms with Gasteiger partial charge in [0.05, 0.1) is 11.8 Å². The maximum absolute atomic E-state index is 12.2. The molecule has 0 amide bonds. The van der Waals surface area contributed by atoms with Crippen molar-refractivity contribution < 1.29 is 9.21 Å². The fourth-order valence-electron chi connectivity index (χ4n) is 1.79. The Morgan fingerprint density at radius 1 is 1.35 bits per heavy atom. The molecule has 5 nitrogen and oxygen atoms in total. The van der Waals surface area contributed by atoms with Gasteiger partial charge >= 0.3 is 0 Å². The van der Waals surface area contributed by atoms with Gasteiger partial charge in [-0.05, 0) is 6.07 Å². The number of furan rings is 1. The molecule has 0 spiro atoms. The number of fused-ring (bicyclic) bond motifs is 1. The van der Waals surface area contributed by atoms with Crippen LogP contribution in [0.3, 0.4) is 0 Å². The van der Waals surface area contributed by atoms with Crippen LogP contribution in [0.25, 0.3) is 11.0 Å². The molecule has 17 heavy (non-hydrogen) atoms. The Morgan fingerprint density at radius 2 is 2.18 bits per heavy atom. The van der Waals surface area contributed by atoms with Crippen LogP contribution in [-0.4, -0.2) is 20.8 Å². The van der Waals surface area contributed by atoms with Gasteiger partial charge in [-0.1, -0.05) is 23.4 Å². The van der Waals surface area contributed by atoms with Crippen LogP contribution in [0.4, 0.5) is 0 Å². The van der Waals surface area contributed by atoms with Gasteiger partial charge in [0.1, 0.15) is 17.5 Å². The number of nitrogens with zero attached hydrogens (tertiary/aromatic N) is 3. The van der Waals surface area contributed by atoms with Crippen LogP contribution in [-0.2, 0) is 7.05 Å². The summed E-state index contributed by atoms with van der Waals surface area (Å²) in [5.74, 6) is -0.137. The van der Waals surface area contributed by atoms with Gasteiger partial charge in [-0.2, -0.15) is 0 Å². The molecular formula is C12H9N3O2. The van der Waals surface area contributed by atoms with Crippen molar-refractivity contribution in [2.24, 2.45) is 7.05 Å². The summed E-state index contributed by atoms with van der Waals surface area (Å²) in [5, 5.41) is 8.24. The first-order valence-corrected chi connectivity index (χ1v) is 5.13. The minimum atomic E-state index is -0.137. The molecule has 0 aliphatic carbocycles. The third-order valence-corrected chi connectivity index (χ3v) is 2.67. The Labute approximate surface area is 96.7 Å². The molecule has 1 aromatic carbocycles. The number of rotatable bonds is 2. The Balaban J connectivity index is 2.17. The Bertz CT molecular complexity index is 696. The number of carbonyl (C=O) groups is 1. The predicted molar refractivity (Wildman–Crippen MR) is 60.6 cm³/mol. The molecule has 0 N–H and O–H groups in total. The van der Waals surface area contributed by atoms with Crippen molar-refractivity contribution in [3.8, 4) is 0 Å². The molecular weight excluding hydrogens is 218 g/mol. The lowest BCUT2D eigenvalue weighted by atomic mass is 10.1. The van der Waals surface area contributed by atoms with E-state index in [0.29, 0.717) is 16.8 Å². The standard InChI is InChI=1S/C12H9N3O2/c1-15-10(6-13-14-15)12(16)9-7-17-11-5-3-2-4-8(9)11/h2-7H,1H3. The van der Waals surface area contributed by atoms with Crippen molar-refractivity contribution in [2.75, 3.05) is 0 Å². The number of hydrogen-bond acceptors (Lipinski definition) is 4. The number of para-hydroxylation sites is 1. The highest BCUT2D eigenvalue weighted by Gasteiger charge is 2.18. The van der Waals surface area contributed by atoms with Crippen molar-refractivity contribution in [3.63, 3.8) is 0 Å². The van der Waals surface area contributed by atoms with E-state index in [1.807, 2.05) is 24.3 Å². The molecule has 2 heterocycles. The zero-order valence-electron chi connectivity index (χ0n) is 9.12. The molecule has 0 atom stereocenters. The molecule has 0 bridgehead atoms. The molecule has 0 radical (unpaired) electrons. The summed E-state index contributed by atoms with van der Waals surface area (Å²) in [4.78, 5) is 12.2. The molecule has 3 aromatic rings. The van der Waals surface area contributed by atoms with Crippen LogP contribution in [0.2, 0.25) is 0 Å². The third kappa shape index (κ3) is 1.44. The van der Waals surface area contributed by atoms with Crippen LogP contribution in [0.5, 0.6) is 0 Å². The first-order chi connectivity index (χ1) is 8.27. The molecule has 0 aliphatic heterocycles. The normalized spacial score (nSPS) is 10.9. The second-order valence-electron chi connectivity index (χ2n) is 3.72. The van der Waals surface area contributed by atoms with E-state index < -0.39 is 0 Å². The van der Waals surface area contributed by atoms with Crippen molar-refractivity contribution >= 4 is 16.8 Å². The summed E-state index contributed by atoms with van der Waals surface area (Å²) in [6.07, 6.45) is 2.92. The smallest absolute Gasteiger partial charge is 0.216 e. The highest BCUT2D eigenvalue weighted by Crippen LogP contribution is 2.22. The predicted octanol–water partition coefficient (Wildman–Crippen LogP) is 1.79. The second kappa shape index (κ2) is 3.55. The van der Waals surface area contributed by atoms with E-state index >= 15 is 0 Å². The SMILES string of the molecule is Cn1nncc1C(=O)c1coc2ccccc12. The monoisotopic (exact) mass is 227 g/mol. The molecule has 84 valence electrons. The summed E-state index contributed by atoms with van der Waals surface area (Å²) in [5.41, 5.74) is 1.67. The number of ketones is 1. The van der Waals surface area contributed by atoms with E-state index in [-0.39, 0.29) is 5.78 Å². The minimum absolute atomic E-state index is 0.137. The summed E-state index contributed by atoms with van der Waals surface area (Å²) in [7, 11) is 1.68. The Morgan fingerprint density at radius 3 is 2.94 bits per heavy atom. The van der Waals surface area contributed by atoms with E-state index in [2.05, 4.69) is 10.3 Å². The van der Waals surface area contributed by atoms with Crippen molar-refractivity contribution in [1.29, 1.82) is 0 Å². The molecule has 0 fully saturated rings. The van der Waals surface area contributed by atoms with Gasteiger partial charge in [-0.25, -0.2) is 4.68 Å². The van der Waals surface area contributed by atoms with Gasteiger partial charge in [0.25, 0.3) is 0 Å². The molecule has 5 heteroatoms. The lowest BCUT2D eigenvalue weighted by Gasteiger charge is -1.97. The van der Waals surface area contributed by atoms with Gasteiger partial charge in [-0.3, -0.25) is 4.79 Å². The average Bonchev–Trinajstić information content (AvgIpc) is 2.94. The highest BCUT2D eigenvalue weighted by atomic mass is 16.3. The zero-order chi connectivity index (χ0) is 11.8.